The summed E-state index contributed by atoms with van der Waals surface area (Å²) < 4.78 is 97.2. The molecule has 0 aromatic heterocycles. The van der Waals surface area contributed by atoms with Crippen LogP contribution < -0.4 is 9.99 Å². The second-order valence-corrected chi connectivity index (χ2v) is 10.5. The molecule has 1 aromatic carbocycles. The first-order chi connectivity index (χ1) is 14.3. The Morgan fingerprint density at radius 3 is 2.10 bits per heavy atom. The third-order valence-electron chi connectivity index (χ3n) is 3.65. The lowest BCUT2D eigenvalue weighted by Gasteiger charge is -2.26. The van der Waals surface area contributed by atoms with Crippen LogP contribution in [0.25, 0.3) is 0 Å². The van der Waals surface area contributed by atoms with Gasteiger partial charge in [-0.15, -0.1) is 0 Å². The van der Waals surface area contributed by atoms with Crippen molar-refractivity contribution in [3.05, 3.63) is 41.5 Å². The van der Waals surface area contributed by atoms with Crippen molar-refractivity contribution >= 4 is 29.8 Å². The molecule has 176 valence electrons. The lowest BCUT2D eigenvalue weighted by molar-refractivity contribution is -0.143. The van der Waals surface area contributed by atoms with Crippen molar-refractivity contribution in [2.75, 3.05) is 23.8 Å². The maximum Gasteiger partial charge on any atom is 0.416 e. The van der Waals surface area contributed by atoms with E-state index in [1.807, 2.05) is 0 Å². The third-order valence-corrected chi connectivity index (χ3v) is 7.80. The third kappa shape index (κ3) is 8.42. The fraction of sp³-hybridized carbons (Fsp3) is 0.500. The van der Waals surface area contributed by atoms with E-state index < -0.39 is 41.9 Å². The van der Waals surface area contributed by atoms with Crippen molar-refractivity contribution < 1.29 is 40.2 Å². The van der Waals surface area contributed by atoms with Crippen LogP contribution in [0.5, 0.6) is 0 Å². The first-order valence-corrected chi connectivity index (χ1v) is 12.4. The Hall–Kier alpha value is -1.65. The van der Waals surface area contributed by atoms with Crippen molar-refractivity contribution in [2.24, 2.45) is 0 Å². The van der Waals surface area contributed by atoms with Gasteiger partial charge in [0.15, 0.2) is 0 Å². The number of anilines is 1. The van der Waals surface area contributed by atoms with Crippen LogP contribution >= 0.6 is 18.1 Å². The quantitative estimate of drug-likeness (QED) is 0.227. The summed E-state index contributed by atoms with van der Waals surface area (Å²) in [4.78, 5) is 13.4. The van der Waals surface area contributed by atoms with Crippen LogP contribution in [0.2, 0.25) is 0 Å². The first-order valence-electron chi connectivity index (χ1n) is 9.17. The normalized spacial score (nSPS) is 14.5. The minimum atomic E-state index is -5.07. The zero-order chi connectivity index (χ0) is 23.9. The van der Waals surface area contributed by atoms with Crippen molar-refractivity contribution in [3.63, 3.8) is 0 Å². The molecule has 1 atom stereocenters. The summed E-state index contributed by atoms with van der Waals surface area (Å²) in [6, 6.07) is -0.310. The van der Waals surface area contributed by atoms with Crippen molar-refractivity contribution in [2.45, 2.75) is 39.5 Å². The molecule has 1 N–H and O–H groups in total. The van der Waals surface area contributed by atoms with E-state index in [9.17, 15) is 35.7 Å². The Morgan fingerprint density at radius 2 is 1.68 bits per heavy atom. The zero-order valence-corrected chi connectivity index (χ0v) is 18.7. The van der Waals surface area contributed by atoms with Crippen LogP contribution in [-0.4, -0.2) is 24.9 Å². The molecule has 0 saturated heterocycles. The molecular weight excluding hydrogens is 469 g/mol. The highest BCUT2D eigenvalue weighted by molar-refractivity contribution is 8.56. The van der Waals surface area contributed by atoms with Crippen molar-refractivity contribution in [3.8, 4) is 0 Å². The molecule has 0 aliphatic carbocycles. The molecule has 0 radical (unpaired) electrons. The van der Waals surface area contributed by atoms with Crippen LogP contribution in [0.4, 0.5) is 36.8 Å². The summed E-state index contributed by atoms with van der Waals surface area (Å²) in [7, 11) is 0. The van der Waals surface area contributed by atoms with Gasteiger partial charge in [-0.2, -0.15) is 26.3 Å². The van der Waals surface area contributed by atoms with E-state index in [0.717, 1.165) is 11.4 Å². The topological polar surface area (TPSA) is 58.6 Å². The van der Waals surface area contributed by atoms with Gasteiger partial charge in [0.25, 0.3) is 0 Å². The van der Waals surface area contributed by atoms with Gasteiger partial charge in [-0.05, 0) is 49.8 Å². The van der Waals surface area contributed by atoms with E-state index in [4.69, 9.17) is 4.52 Å². The molecule has 0 bridgehead atoms. The maximum atomic E-state index is 13.2. The number of carbonyl (C=O) groups is 1. The molecule has 0 saturated carbocycles. The molecule has 0 spiro atoms. The van der Waals surface area contributed by atoms with E-state index in [0.29, 0.717) is 29.2 Å². The number of rotatable bonds is 9. The van der Waals surface area contributed by atoms with Gasteiger partial charge >= 0.3 is 25.1 Å². The average Bonchev–Trinajstić information content (AvgIpc) is 2.65. The smallest absolute Gasteiger partial charge is 0.306 e. The number of alkyl halides is 6. The molecule has 2 amide bonds. The number of amides is 2. The van der Waals surface area contributed by atoms with Gasteiger partial charge in [0.2, 0.25) is 0 Å². The molecule has 0 aliphatic rings. The molecule has 1 aromatic rings. The molecule has 1 rings (SSSR count). The fourth-order valence-electron chi connectivity index (χ4n) is 2.27. The molecule has 0 aliphatic heterocycles. The number of hydrogen-bond acceptors (Lipinski definition) is 4. The second-order valence-electron chi connectivity index (χ2n) is 6.11. The number of urea groups is 1. The van der Waals surface area contributed by atoms with Gasteiger partial charge in [0.05, 0.1) is 17.7 Å². The fourth-order valence-corrected chi connectivity index (χ4v) is 5.83. The predicted octanol–water partition coefficient (Wildman–Crippen LogP) is 7.10. The lowest BCUT2D eigenvalue weighted by atomic mass is 10.1. The van der Waals surface area contributed by atoms with Crippen molar-refractivity contribution in [1.82, 2.24) is 5.09 Å². The summed E-state index contributed by atoms with van der Waals surface area (Å²) in [6.45, 7) is 0.732. The zero-order valence-electron chi connectivity index (χ0n) is 17.0. The average molecular weight is 492 g/mol. The van der Waals surface area contributed by atoms with Crippen LogP contribution in [0, 0.1) is 0 Å². The number of hydrogen-bond donors (Lipinski definition) is 1. The Balaban J connectivity index is 3.47. The molecule has 0 fully saturated rings. The first kappa shape index (κ1) is 27.4. The Kier molecular flexibility index (Phi) is 9.97. The van der Waals surface area contributed by atoms with Gasteiger partial charge in [-0.25, -0.2) is 4.79 Å². The van der Waals surface area contributed by atoms with Gasteiger partial charge < -0.3 is 4.52 Å². The van der Waals surface area contributed by atoms with E-state index in [1.165, 1.54) is 19.1 Å². The number of benzene rings is 1. The Labute approximate surface area is 180 Å². The van der Waals surface area contributed by atoms with E-state index in [2.05, 4.69) is 5.09 Å². The molecule has 5 nitrogen and oxygen atoms in total. The van der Waals surface area contributed by atoms with Gasteiger partial charge in [0.1, 0.15) is 0 Å². The highest BCUT2D eigenvalue weighted by atomic mass is 32.7. The SMILES string of the molecule is CC=CCN(C(=O)NP(=O)(OCC)SCCC)c1cc(C(F)(F)F)cc(C(F)(F)F)c1. The Morgan fingerprint density at radius 1 is 1.13 bits per heavy atom. The minimum absolute atomic E-state index is 0.0229. The molecule has 0 heterocycles. The number of halogens is 6. The second kappa shape index (κ2) is 11.3. The van der Waals surface area contributed by atoms with Gasteiger partial charge in [-0.3, -0.25) is 14.6 Å². The summed E-state index contributed by atoms with van der Waals surface area (Å²) in [5.74, 6) is 0.355. The molecular formula is C18H23F6N2O3PS. The van der Waals surface area contributed by atoms with E-state index in [-0.39, 0.29) is 19.2 Å². The van der Waals surface area contributed by atoms with Crippen LogP contribution in [0.3, 0.4) is 0 Å². The number of nitrogens with one attached hydrogen (secondary N) is 1. The van der Waals surface area contributed by atoms with Gasteiger partial charge in [0, 0.05) is 18.0 Å². The number of carbonyl (C=O) groups excluding carboxylic acids is 1. The van der Waals surface area contributed by atoms with Crippen molar-refractivity contribution in [1.29, 1.82) is 0 Å². The van der Waals surface area contributed by atoms with E-state index in [1.54, 1.807) is 13.8 Å². The summed E-state index contributed by atoms with van der Waals surface area (Å²) >= 11 is 0.825. The van der Waals surface area contributed by atoms with Crippen LogP contribution in [0.1, 0.15) is 38.3 Å². The Bertz CT molecular complexity index is 797. The molecule has 13 heteroatoms. The van der Waals surface area contributed by atoms with Crippen LogP contribution in [-0.2, 0) is 21.4 Å². The lowest BCUT2D eigenvalue weighted by Crippen LogP contribution is -2.39. The minimum Gasteiger partial charge on any atom is -0.306 e. The summed E-state index contributed by atoms with van der Waals surface area (Å²) in [5.41, 5.74) is -3.78. The standard InChI is InChI=1S/C18H23F6N2O3PS/c1-4-7-8-26(16(27)25-30(28,29-6-3)31-9-5-2)15-11-13(17(19,20)21)10-14(12-15)18(22,23)24/h4,7,10-12H,5-6,8-9H2,1-3H3,(H,25,27,28). The maximum absolute atomic E-state index is 13.2. The number of nitrogens with zero attached hydrogens (tertiary/aromatic N) is 1. The molecule has 31 heavy (non-hydrogen) atoms. The van der Waals surface area contributed by atoms with Crippen LogP contribution in [0.15, 0.2) is 30.4 Å². The predicted molar refractivity (Wildman–Crippen MR) is 109 cm³/mol. The summed E-state index contributed by atoms with van der Waals surface area (Å²) in [6.07, 6.45) is -6.72. The van der Waals surface area contributed by atoms with E-state index >= 15 is 0 Å². The highest BCUT2D eigenvalue weighted by Gasteiger charge is 2.38. The summed E-state index contributed by atoms with van der Waals surface area (Å²) in [5, 5.41) is 2.14. The largest absolute Gasteiger partial charge is 0.416 e. The molecule has 1 unspecified atom stereocenters. The highest BCUT2D eigenvalue weighted by Crippen LogP contribution is 2.56. The van der Waals surface area contributed by atoms with Gasteiger partial charge in [-0.1, -0.05) is 19.1 Å². The monoisotopic (exact) mass is 492 g/mol. The number of allylic oxidation sites excluding steroid dienone is 1.